The number of hydrogen-bond donors (Lipinski definition) is 0. The van der Waals surface area contributed by atoms with Crippen LogP contribution in [0.1, 0.15) is 26.9 Å². The Hall–Kier alpha value is -2.96. The molecule has 5 rings (SSSR count). The van der Waals surface area contributed by atoms with Crippen molar-refractivity contribution in [1.82, 2.24) is 14.7 Å². The van der Waals surface area contributed by atoms with Crippen LogP contribution in [0.3, 0.4) is 0 Å². The molecule has 4 heterocycles. The van der Waals surface area contributed by atoms with Crippen LogP contribution in [0.15, 0.2) is 77.8 Å². The van der Waals surface area contributed by atoms with Crippen molar-refractivity contribution >= 4 is 34.7 Å². The van der Waals surface area contributed by atoms with Crippen molar-refractivity contribution in [2.75, 3.05) is 6.54 Å². The van der Waals surface area contributed by atoms with Crippen molar-refractivity contribution in [3.05, 3.63) is 98.6 Å². The highest BCUT2D eigenvalue weighted by atomic mass is 32.1. The maximum atomic E-state index is 13.1. The number of benzene rings is 1. The number of fused-ring (bicyclic) bond motifs is 1. The zero-order valence-corrected chi connectivity index (χ0v) is 17.3. The van der Waals surface area contributed by atoms with E-state index in [2.05, 4.69) is 34.1 Å². The largest absolute Gasteiger partial charge is 0.327 e. The fourth-order valence-electron chi connectivity index (χ4n) is 3.72. The quantitative estimate of drug-likeness (QED) is 0.429. The molecule has 0 aliphatic carbocycles. The fraction of sp³-hybridized carbons (Fsp3) is 0.130. The van der Waals surface area contributed by atoms with Gasteiger partial charge >= 0.3 is 0 Å². The summed E-state index contributed by atoms with van der Waals surface area (Å²) in [6.07, 6.45) is 8.15. The van der Waals surface area contributed by atoms with Crippen molar-refractivity contribution in [2.24, 2.45) is 0 Å². The van der Waals surface area contributed by atoms with Gasteiger partial charge in [-0.2, -0.15) is 5.10 Å². The van der Waals surface area contributed by atoms with Crippen LogP contribution in [0, 0.1) is 0 Å². The summed E-state index contributed by atoms with van der Waals surface area (Å²) in [6, 6.07) is 16.3. The lowest BCUT2D eigenvalue weighted by atomic mass is 9.98. The van der Waals surface area contributed by atoms with E-state index in [9.17, 15) is 4.79 Å². The number of carbonyl (C=O) groups excluding carboxylic acids is 1. The van der Waals surface area contributed by atoms with Crippen molar-refractivity contribution in [1.29, 1.82) is 0 Å². The first-order valence-electron chi connectivity index (χ1n) is 9.48. The summed E-state index contributed by atoms with van der Waals surface area (Å²) in [4.78, 5) is 17.7. The van der Waals surface area contributed by atoms with E-state index < -0.39 is 0 Å². The molecule has 1 atom stereocenters. The highest BCUT2D eigenvalue weighted by Crippen LogP contribution is 2.39. The second-order valence-corrected chi connectivity index (χ2v) is 8.87. The van der Waals surface area contributed by atoms with Crippen LogP contribution in [-0.4, -0.2) is 27.1 Å². The van der Waals surface area contributed by atoms with Crippen molar-refractivity contribution in [3.8, 4) is 5.69 Å². The molecule has 3 aromatic heterocycles. The Bertz CT molecular complexity index is 1140. The Balaban J connectivity index is 1.38. The molecule has 0 bridgehead atoms. The molecule has 144 valence electrons. The van der Waals surface area contributed by atoms with E-state index in [1.807, 2.05) is 52.2 Å². The summed E-state index contributed by atoms with van der Waals surface area (Å²) in [5.41, 5.74) is 3.17. The summed E-state index contributed by atoms with van der Waals surface area (Å²) >= 11 is 3.49. The summed E-state index contributed by atoms with van der Waals surface area (Å²) in [5.74, 6) is 0.0349. The van der Waals surface area contributed by atoms with Gasteiger partial charge in [0.15, 0.2) is 0 Å². The Kier molecular flexibility index (Phi) is 4.87. The normalized spacial score (nSPS) is 16.3. The molecular formula is C23H19N3OS2. The molecule has 0 radical (unpaired) electrons. The monoisotopic (exact) mass is 417 g/mol. The highest BCUT2D eigenvalue weighted by Gasteiger charge is 2.32. The van der Waals surface area contributed by atoms with E-state index in [4.69, 9.17) is 0 Å². The number of carbonyl (C=O) groups is 1. The zero-order valence-electron chi connectivity index (χ0n) is 15.6. The Morgan fingerprint density at radius 2 is 1.97 bits per heavy atom. The topological polar surface area (TPSA) is 38.1 Å². The maximum absolute atomic E-state index is 13.1. The summed E-state index contributed by atoms with van der Waals surface area (Å²) in [5, 5.41) is 8.61. The van der Waals surface area contributed by atoms with Crippen molar-refractivity contribution in [3.63, 3.8) is 0 Å². The third-order valence-electron chi connectivity index (χ3n) is 5.10. The Labute approximate surface area is 177 Å². The summed E-state index contributed by atoms with van der Waals surface area (Å²) < 4.78 is 1.82. The average Bonchev–Trinajstić information content (AvgIpc) is 3.53. The van der Waals surface area contributed by atoms with Crippen LogP contribution < -0.4 is 0 Å². The van der Waals surface area contributed by atoms with E-state index in [1.165, 1.54) is 15.3 Å². The fourth-order valence-corrected chi connectivity index (χ4v) is 5.47. The second kappa shape index (κ2) is 7.81. The van der Waals surface area contributed by atoms with Gasteiger partial charge in [0.05, 0.1) is 17.9 Å². The van der Waals surface area contributed by atoms with Gasteiger partial charge in [0, 0.05) is 34.1 Å². The molecule has 0 fully saturated rings. The predicted molar refractivity (Wildman–Crippen MR) is 118 cm³/mol. The van der Waals surface area contributed by atoms with E-state index >= 15 is 0 Å². The van der Waals surface area contributed by atoms with Gasteiger partial charge in [0.2, 0.25) is 5.91 Å². The molecule has 1 amide bonds. The Morgan fingerprint density at radius 1 is 1.07 bits per heavy atom. The number of rotatable bonds is 4. The molecule has 29 heavy (non-hydrogen) atoms. The highest BCUT2D eigenvalue weighted by molar-refractivity contribution is 7.10. The van der Waals surface area contributed by atoms with Crippen LogP contribution in [0.4, 0.5) is 0 Å². The second-order valence-electron chi connectivity index (χ2n) is 6.89. The van der Waals surface area contributed by atoms with E-state index in [0.717, 1.165) is 24.2 Å². The van der Waals surface area contributed by atoms with Crippen molar-refractivity contribution < 1.29 is 4.79 Å². The summed E-state index contributed by atoms with van der Waals surface area (Å²) in [6.45, 7) is 0.739. The molecule has 0 spiro atoms. The minimum atomic E-state index is 0.00851. The van der Waals surface area contributed by atoms with E-state index in [1.54, 1.807) is 34.9 Å². The number of para-hydroxylation sites is 1. The number of hydrogen-bond acceptors (Lipinski definition) is 4. The first-order chi connectivity index (χ1) is 14.3. The minimum Gasteiger partial charge on any atom is -0.327 e. The van der Waals surface area contributed by atoms with Gasteiger partial charge in [0.1, 0.15) is 0 Å². The van der Waals surface area contributed by atoms with E-state index in [0.29, 0.717) is 0 Å². The van der Waals surface area contributed by atoms with Gasteiger partial charge in [-0.25, -0.2) is 4.68 Å². The van der Waals surface area contributed by atoms with Crippen LogP contribution in [0.5, 0.6) is 0 Å². The molecule has 6 heteroatoms. The van der Waals surface area contributed by atoms with E-state index in [-0.39, 0.29) is 11.9 Å². The van der Waals surface area contributed by atoms with Gasteiger partial charge in [-0.15, -0.1) is 22.7 Å². The SMILES string of the molecule is O=C(/C=C/c1cnn(-c2ccccc2)c1)N1CCc2sccc2[C@H]1c1cccs1. The lowest BCUT2D eigenvalue weighted by Gasteiger charge is -2.34. The molecule has 4 nitrogen and oxygen atoms in total. The Morgan fingerprint density at radius 3 is 2.79 bits per heavy atom. The maximum Gasteiger partial charge on any atom is 0.247 e. The van der Waals surface area contributed by atoms with Gasteiger partial charge in [-0.05, 0) is 53.1 Å². The van der Waals surface area contributed by atoms with Crippen LogP contribution in [-0.2, 0) is 11.2 Å². The minimum absolute atomic E-state index is 0.00851. The molecule has 1 aliphatic rings. The average molecular weight is 418 g/mol. The van der Waals surface area contributed by atoms with Crippen molar-refractivity contribution in [2.45, 2.75) is 12.5 Å². The number of nitrogens with zero attached hydrogens (tertiary/aromatic N) is 3. The first kappa shape index (κ1) is 18.1. The van der Waals surface area contributed by atoms with Crippen LogP contribution >= 0.6 is 22.7 Å². The lowest BCUT2D eigenvalue weighted by molar-refractivity contribution is -0.127. The lowest BCUT2D eigenvalue weighted by Crippen LogP contribution is -2.38. The first-order valence-corrected chi connectivity index (χ1v) is 11.2. The molecule has 0 N–H and O–H groups in total. The molecular weight excluding hydrogens is 398 g/mol. The zero-order chi connectivity index (χ0) is 19.6. The molecule has 1 aliphatic heterocycles. The molecule has 0 saturated heterocycles. The van der Waals surface area contributed by atoms with Gasteiger partial charge < -0.3 is 4.90 Å². The standard InChI is InChI=1S/C23H19N3OS2/c27-22(9-8-17-15-24-26(16-17)18-5-2-1-3-6-18)25-12-10-20-19(11-14-29-20)23(25)21-7-4-13-28-21/h1-9,11,13-16,23H,10,12H2/b9-8+/t23-/m0/s1. The van der Waals surface area contributed by atoms with Gasteiger partial charge in [-0.3, -0.25) is 4.79 Å². The molecule has 0 saturated carbocycles. The predicted octanol–water partition coefficient (Wildman–Crippen LogP) is 5.18. The molecule has 0 unspecified atom stereocenters. The molecule has 1 aromatic carbocycles. The number of aromatic nitrogens is 2. The van der Waals surface area contributed by atoms with Gasteiger partial charge in [-0.1, -0.05) is 24.3 Å². The summed E-state index contributed by atoms with van der Waals surface area (Å²) in [7, 11) is 0. The number of thiophene rings is 2. The third-order valence-corrected chi connectivity index (χ3v) is 7.02. The van der Waals surface area contributed by atoms with Crippen LogP contribution in [0.25, 0.3) is 11.8 Å². The van der Waals surface area contributed by atoms with Crippen LogP contribution in [0.2, 0.25) is 0 Å². The van der Waals surface area contributed by atoms with Gasteiger partial charge in [0.25, 0.3) is 0 Å². The number of amides is 1. The third kappa shape index (κ3) is 3.57. The smallest absolute Gasteiger partial charge is 0.247 e. The molecule has 4 aromatic rings.